The highest BCUT2D eigenvalue weighted by atomic mass is 32.1. The lowest BCUT2D eigenvalue weighted by atomic mass is 10.2. The Morgan fingerprint density at radius 3 is 3.14 bits per heavy atom. The summed E-state index contributed by atoms with van der Waals surface area (Å²) in [6, 6.07) is 4.11. The number of pyridine rings is 1. The molecule has 0 radical (unpaired) electrons. The van der Waals surface area contributed by atoms with Gasteiger partial charge in [-0.1, -0.05) is 0 Å². The first-order valence-electron chi connectivity index (χ1n) is 4.55. The topological polar surface area (TPSA) is 37.3 Å². The van der Waals surface area contributed by atoms with Crippen molar-refractivity contribution in [2.24, 2.45) is 4.99 Å². The Morgan fingerprint density at radius 1 is 1.29 bits per heavy atom. The normalized spacial score (nSPS) is 15.6. The summed E-state index contributed by atoms with van der Waals surface area (Å²) in [6.45, 7) is 1.79. The van der Waals surface area contributed by atoms with Crippen LogP contribution in [0.4, 0.5) is 0 Å². The van der Waals surface area contributed by atoms with E-state index in [1.54, 1.807) is 11.3 Å². The van der Waals surface area contributed by atoms with Crippen molar-refractivity contribution in [2.45, 2.75) is 0 Å². The van der Waals surface area contributed by atoms with Gasteiger partial charge >= 0.3 is 0 Å². The fourth-order valence-corrected chi connectivity index (χ4v) is 2.28. The summed E-state index contributed by atoms with van der Waals surface area (Å²) >= 11 is 1.68. The number of hydrogen-bond acceptors (Lipinski definition) is 4. The number of aromatic nitrogens is 1. The zero-order valence-electron chi connectivity index (χ0n) is 7.53. The van der Waals surface area contributed by atoms with Crippen molar-refractivity contribution in [3.8, 4) is 0 Å². The number of nitrogens with zero attached hydrogens (tertiary/aromatic N) is 2. The van der Waals surface area contributed by atoms with Crippen molar-refractivity contribution in [3.05, 3.63) is 28.6 Å². The molecule has 70 valence electrons. The van der Waals surface area contributed by atoms with Crippen molar-refractivity contribution in [1.29, 1.82) is 0 Å². The average Bonchev–Trinajstić information content (AvgIpc) is 2.88. The Labute approximate surface area is 85.5 Å². The predicted molar refractivity (Wildman–Crippen MR) is 59.0 cm³/mol. The molecule has 0 saturated heterocycles. The van der Waals surface area contributed by atoms with Gasteiger partial charge in [-0.05, 0) is 12.1 Å². The lowest BCUT2D eigenvalue weighted by Crippen LogP contribution is -2.20. The summed E-state index contributed by atoms with van der Waals surface area (Å²) in [5.74, 6) is 0.929. The van der Waals surface area contributed by atoms with Gasteiger partial charge in [-0.15, -0.1) is 11.3 Å². The molecule has 0 aliphatic carbocycles. The van der Waals surface area contributed by atoms with E-state index in [2.05, 4.69) is 32.1 Å². The number of fused-ring (bicyclic) bond motifs is 1. The van der Waals surface area contributed by atoms with E-state index in [0.717, 1.165) is 30.1 Å². The Kier molecular flexibility index (Phi) is 1.73. The van der Waals surface area contributed by atoms with Crippen LogP contribution in [0.5, 0.6) is 0 Å². The quantitative estimate of drug-likeness (QED) is 0.765. The standard InChI is InChI=1S/C10H9N3S/c1-2-8(10-11-3-4-12-10)13-9-6-14-5-7(1)9/h1-2,5-6H,3-4H2,(H,11,12). The molecule has 0 bridgehead atoms. The summed E-state index contributed by atoms with van der Waals surface area (Å²) < 4.78 is 0. The first kappa shape index (κ1) is 7.94. The first-order valence-corrected chi connectivity index (χ1v) is 5.49. The van der Waals surface area contributed by atoms with Gasteiger partial charge in [0.25, 0.3) is 0 Å². The van der Waals surface area contributed by atoms with E-state index in [4.69, 9.17) is 0 Å². The largest absolute Gasteiger partial charge is 0.367 e. The van der Waals surface area contributed by atoms with Crippen molar-refractivity contribution in [1.82, 2.24) is 10.3 Å². The highest BCUT2D eigenvalue weighted by Crippen LogP contribution is 2.17. The highest BCUT2D eigenvalue weighted by molar-refractivity contribution is 7.09. The second kappa shape index (κ2) is 3.06. The third-order valence-electron chi connectivity index (χ3n) is 2.25. The van der Waals surface area contributed by atoms with Crippen LogP contribution in [0.25, 0.3) is 10.9 Å². The third kappa shape index (κ3) is 1.19. The second-order valence-corrected chi connectivity index (χ2v) is 3.94. The van der Waals surface area contributed by atoms with Gasteiger partial charge < -0.3 is 5.32 Å². The molecule has 0 aromatic carbocycles. The van der Waals surface area contributed by atoms with E-state index in [0.29, 0.717) is 0 Å². The zero-order chi connectivity index (χ0) is 9.38. The minimum absolute atomic E-state index is 0.860. The molecule has 4 heteroatoms. The van der Waals surface area contributed by atoms with E-state index in [-0.39, 0.29) is 0 Å². The van der Waals surface area contributed by atoms with Crippen LogP contribution in [0.15, 0.2) is 27.9 Å². The van der Waals surface area contributed by atoms with Crippen molar-refractivity contribution in [2.75, 3.05) is 13.1 Å². The van der Waals surface area contributed by atoms with Crippen LogP contribution in [0, 0.1) is 0 Å². The minimum atomic E-state index is 0.860. The summed E-state index contributed by atoms with van der Waals surface area (Å²) in [4.78, 5) is 8.88. The molecular weight excluding hydrogens is 194 g/mol. The van der Waals surface area contributed by atoms with Crippen molar-refractivity contribution in [3.63, 3.8) is 0 Å². The van der Waals surface area contributed by atoms with E-state index in [9.17, 15) is 0 Å². The summed E-state index contributed by atoms with van der Waals surface area (Å²) in [6.07, 6.45) is 0. The van der Waals surface area contributed by atoms with E-state index in [1.807, 2.05) is 6.07 Å². The van der Waals surface area contributed by atoms with Crippen LogP contribution >= 0.6 is 11.3 Å². The molecule has 2 aromatic rings. The molecule has 14 heavy (non-hydrogen) atoms. The van der Waals surface area contributed by atoms with E-state index >= 15 is 0 Å². The van der Waals surface area contributed by atoms with Gasteiger partial charge in [0.2, 0.25) is 0 Å². The Bertz CT molecular complexity index is 501. The summed E-state index contributed by atoms with van der Waals surface area (Å²) in [5, 5.41) is 8.60. The third-order valence-corrected chi connectivity index (χ3v) is 3.00. The fourth-order valence-electron chi connectivity index (χ4n) is 1.55. The molecule has 3 rings (SSSR count). The van der Waals surface area contributed by atoms with Crippen molar-refractivity contribution < 1.29 is 0 Å². The summed E-state index contributed by atoms with van der Waals surface area (Å²) in [7, 11) is 0. The summed E-state index contributed by atoms with van der Waals surface area (Å²) in [5.41, 5.74) is 2.01. The van der Waals surface area contributed by atoms with Gasteiger partial charge in [-0.2, -0.15) is 0 Å². The fraction of sp³-hybridized carbons (Fsp3) is 0.200. The molecule has 1 aliphatic rings. The van der Waals surface area contributed by atoms with E-state index in [1.165, 1.54) is 5.39 Å². The predicted octanol–water partition coefficient (Wildman–Crippen LogP) is 1.65. The van der Waals surface area contributed by atoms with Crippen LogP contribution in [0.2, 0.25) is 0 Å². The van der Waals surface area contributed by atoms with Gasteiger partial charge in [0.05, 0.1) is 12.1 Å². The molecule has 3 nitrogen and oxygen atoms in total. The van der Waals surface area contributed by atoms with Gasteiger partial charge in [-0.3, -0.25) is 4.99 Å². The second-order valence-electron chi connectivity index (χ2n) is 3.20. The molecule has 0 saturated carbocycles. The maximum Gasteiger partial charge on any atom is 0.147 e. The number of hydrogen-bond donors (Lipinski definition) is 1. The van der Waals surface area contributed by atoms with Crippen LogP contribution in [-0.4, -0.2) is 23.9 Å². The molecule has 1 N–H and O–H groups in total. The number of nitrogens with one attached hydrogen (secondary N) is 1. The number of rotatable bonds is 1. The lowest BCUT2D eigenvalue weighted by molar-refractivity contribution is 0.958. The Hall–Kier alpha value is -1.42. The van der Waals surface area contributed by atoms with Crippen LogP contribution in [0.1, 0.15) is 5.69 Å². The van der Waals surface area contributed by atoms with E-state index < -0.39 is 0 Å². The van der Waals surface area contributed by atoms with Gasteiger partial charge in [0, 0.05) is 22.7 Å². The molecular formula is C10H9N3S. The van der Waals surface area contributed by atoms with Crippen LogP contribution in [-0.2, 0) is 0 Å². The first-order chi connectivity index (χ1) is 6.93. The Morgan fingerprint density at radius 2 is 2.29 bits per heavy atom. The lowest BCUT2D eigenvalue weighted by Gasteiger charge is -2.00. The molecule has 0 atom stereocenters. The monoisotopic (exact) mass is 203 g/mol. The highest BCUT2D eigenvalue weighted by Gasteiger charge is 2.09. The Balaban J connectivity index is 2.13. The smallest absolute Gasteiger partial charge is 0.147 e. The van der Waals surface area contributed by atoms with Gasteiger partial charge in [0.1, 0.15) is 11.5 Å². The SMILES string of the molecule is c1cc2cscc2nc1C1=NCCN1. The molecule has 1 aliphatic heterocycles. The van der Waals surface area contributed by atoms with Crippen LogP contribution < -0.4 is 5.32 Å². The molecule has 2 aromatic heterocycles. The maximum atomic E-state index is 4.53. The van der Waals surface area contributed by atoms with Crippen molar-refractivity contribution >= 4 is 28.1 Å². The molecule has 3 heterocycles. The molecule has 0 spiro atoms. The van der Waals surface area contributed by atoms with Crippen LogP contribution in [0.3, 0.4) is 0 Å². The number of aliphatic imine (C=N–C) groups is 1. The number of thiophene rings is 1. The van der Waals surface area contributed by atoms with Gasteiger partial charge in [-0.25, -0.2) is 4.98 Å². The minimum Gasteiger partial charge on any atom is -0.367 e. The molecule has 0 fully saturated rings. The molecule has 0 amide bonds. The molecule has 0 unspecified atom stereocenters. The zero-order valence-corrected chi connectivity index (χ0v) is 8.34. The average molecular weight is 203 g/mol. The maximum absolute atomic E-state index is 4.53. The number of amidine groups is 1. The van der Waals surface area contributed by atoms with Gasteiger partial charge in [0.15, 0.2) is 0 Å².